The third-order valence-corrected chi connectivity index (χ3v) is 10.2. The molecule has 6 rings (SSSR count). The average molecular weight is 625 g/mol. The monoisotopic (exact) mass is 624 g/mol. The second kappa shape index (κ2) is 12.2. The Morgan fingerprint density at radius 1 is 0.929 bits per heavy atom. The first-order valence-electron chi connectivity index (χ1n) is 13.6. The van der Waals surface area contributed by atoms with Gasteiger partial charge in [-0.05, 0) is 37.0 Å². The van der Waals surface area contributed by atoms with Crippen molar-refractivity contribution in [1.82, 2.24) is 9.55 Å². The zero-order valence-electron chi connectivity index (χ0n) is 22.2. The van der Waals surface area contributed by atoms with E-state index in [-0.39, 0.29) is 10.7 Å². The fourth-order valence-electron chi connectivity index (χ4n) is 5.67. The van der Waals surface area contributed by atoms with Crippen LogP contribution in [0, 0.1) is 0 Å². The van der Waals surface area contributed by atoms with E-state index in [1.165, 1.54) is 15.9 Å². The number of hydrogen-bond acceptors (Lipinski definition) is 14. The number of benzene rings is 1. The van der Waals surface area contributed by atoms with Gasteiger partial charge in [0, 0.05) is 4.88 Å². The van der Waals surface area contributed by atoms with E-state index in [0.29, 0.717) is 15.9 Å². The first-order chi connectivity index (χ1) is 20.2. The number of para-hydroxylation sites is 1. The number of aryl methyl sites for hydroxylation is 2. The summed E-state index contributed by atoms with van der Waals surface area (Å²) in [4.78, 5) is 20.4. The molecule has 4 heterocycles. The zero-order valence-corrected chi connectivity index (χ0v) is 23.8. The molecule has 1 aliphatic carbocycles. The van der Waals surface area contributed by atoms with Crippen LogP contribution in [-0.2, 0) is 27.1 Å². The Balaban J connectivity index is 1.30. The van der Waals surface area contributed by atoms with Gasteiger partial charge < -0.3 is 50.0 Å². The third kappa shape index (κ3) is 5.21. The second-order valence-corrected chi connectivity index (χ2v) is 12.7. The molecule has 0 saturated carbocycles. The van der Waals surface area contributed by atoms with Crippen LogP contribution in [0.3, 0.4) is 0 Å². The number of hydrogen-bond donors (Lipinski definition) is 7. The van der Waals surface area contributed by atoms with Gasteiger partial charge in [-0.3, -0.25) is 9.36 Å². The number of nitrogens with zero attached hydrogens (tertiary/aromatic N) is 2. The first kappa shape index (κ1) is 30.1. The van der Waals surface area contributed by atoms with Crippen molar-refractivity contribution in [3.05, 3.63) is 51.1 Å². The number of aromatic nitrogens is 2. The molecule has 0 spiro atoms. The van der Waals surface area contributed by atoms with E-state index in [9.17, 15) is 40.5 Å². The molecule has 0 amide bonds. The van der Waals surface area contributed by atoms with Crippen molar-refractivity contribution in [1.29, 1.82) is 0 Å². The zero-order chi connectivity index (χ0) is 29.7. The lowest BCUT2D eigenvalue weighted by Gasteiger charge is -2.45. The highest BCUT2D eigenvalue weighted by Gasteiger charge is 2.51. The SMILES string of the molecule is O=c1c2c3c(sc2nc(S[C@@H]2O[C@@H](CO)[C@H](O[C@H]4O[C@@H](CO)[C@@H](O)[C@@H](O)[C@@H]4O)[C@@H](O)[C@@H]2O)n1-c1ccccc1)CCC3. The molecule has 7 N–H and O–H groups in total. The van der Waals surface area contributed by atoms with E-state index >= 15 is 0 Å². The van der Waals surface area contributed by atoms with Crippen LogP contribution in [0.1, 0.15) is 16.9 Å². The molecule has 2 fully saturated rings. The summed E-state index contributed by atoms with van der Waals surface area (Å²) in [6.07, 6.45) is -11.3. The van der Waals surface area contributed by atoms with Gasteiger partial charge in [0.05, 0.1) is 24.3 Å². The van der Waals surface area contributed by atoms with Crippen LogP contribution >= 0.6 is 23.1 Å². The Bertz CT molecular complexity index is 1470. The molecule has 10 atom stereocenters. The lowest BCUT2D eigenvalue weighted by Crippen LogP contribution is -2.64. The number of aliphatic hydroxyl groups is 7. The number of ether oxygens (including phenoxy) is 3. The number of thiophene rings is 1. The van der Waals surface area contributed by atoms with Gasteiger partial charge in [-0.2, -0.15) is 0 Å². The molecular weight excluding hydrogens is 592 g/mol. The Hall–Kier alpha value is -1.99. The summed E-state index contributed by atoms with van der Waals surface area (Å²) in [6, 6.07) is 8.92. The van der Waals surface area contributed by atoms with Crippen LogP contribution in [-0.4, -0.2) is 119 Å². The molecule has 15 heteroatoms. The Kier molecular flexibility index (Phi) is 8.72. The minimum absolute atomic E-state index is 0.222. The highest BCUT2D eigenvalue weighted by Crippen LogP contribution is 2.39. The van der Waals surface area contributed by atoms with E-state index in [1.807, 2.05) is 6.07 Å². The molecule has 0 bridgehead atoms. The smallest absolute Gasteiger partial charge is 0.267 e. The van der Waals surface area contributed by atoms with Crippen molar-refractivity contribution in [3.63, 3.8) is 0 Å². The maximum Gasteiger partial charge on any atom is 0.267 e. The number of aliphatic hydroxyl groups excluding tert-OH is 7. The van der Waals surface area contributed by atoms with Gasteiger partial charge in [-0.15, -0.1) is 11.3 Å². The molecule has 228 valence electrons. The molecule has 2 aliphatic heterocycles. The molecule has 42 heavy (non-hydrogen) atoms. The lowest BCUT2D eigenvalue weighted by atomic mass is 9.97. The largest absolute Gasteiger partial charge is 0.394 e. The fourth-order valence-corrected chi connectivity index (χ4v) is 8.12. The van der Waals surface area contributed by atoms with E-state index in [4.69, 9.17) is 19.2 Å². The Labute approximate surface area is 247 Å². The Morgan fingerprint density at radius 3 is 2.38 bits per heavy atom. The lowest BCUT2D eigenvalue weighted by molar-refractivity contribution is -0.338. The van der Waals surface area contributed by atoms with Gasteiger partial charge in [-0.25, -0.2) is 4.98 Å². The standard InChI is InChI=1S/C27H32N2O11S2/c30-9-13-17(32)18(33)20(35)25(38-13)40-22-14(10-31)39-26(21(36)19(22)34)42-27-28-23-16(12-7-4-8-15(12)41-23)24(37)29(27)11-5-2-1-3-6-11/h1-3,5-6,13-14,17-22,25-26,30-36H,4,7-10H2/t13-,14-,17+,18+,19-,20-,21-,22-,25+,26-/m0/s1. The minimum atomic E-state index is -1.76. The van der Waals surface area contributed by atoms with E-state index < -0.39 is 73.8 Å². The van der Waals surface area contributed by atoms with Gasteiger partial charge in [-0.1, -0.05) is 30.0 Å². The van der Waals surface area contributed by atoms with Crippen LogP contribution < -0.4 is 5.56 Å². The van der Waals surface area contributed by atoms with Gasteiger partial charge >= 0.3 is 0 Å². The summed E-state index contributed by atoms with van der Waals surface area (Å²) in [5, 5.41) is 73.1. The van der Waals surface area contributed by atoms with Crippen molar-refractivity contribution in [2.45, 2.75) is 85.0 Å². The van der Waals surface area contributed by atoms with E-state index in [2.05, 4.69) is 0 Å². The normalized spacial score (nSPS) is 35.0. The van der Waals surface area contributed by atoms with Crippen LogP contribution in [0.15, 0.2) is 40.3 Å². The number of rotatable bonds is 7. The van der Waals surface area contributed by atoms with Crippen molar-refractivity contribution >= 4 is 33.3 Å². The summed E-state index contributed by atoms with van der Waals surface area (Å²) in [6.45, 7) is -1.36. The molecule has 2 saturated heterocycles. The maximum atomic E-state index is 13.9. The van der Waals surface area contributed by atoms with Gasteiger partial charge in [0.25, 0.3) is 5.56 Å². The highest BCUT2D eigenvalue weighted by atomic mass is 32.2. The quantitative estimate of drug-likeness (QED) is 0.152. The third-order valence-electron chi connectivity index (χ3n) is 7.90. The maximum absolute atomic E-state index is 13.9. The Morgan fingerprint density at radius 2 is 1.67 bits per heavy atom. The predicted octanol–water partition coefficient (Wildman–Crippen LogP) is -1.35. The predicted molar refractivity (Wildman–Crippen MR) is 149 cm³/mol. The molecule has 13 nitrogen and oxygen atoms in total. The fraction of sp³-hybridized carbons (Fsp3) is 0.556. The number of thioether (sulfide) groups is 1. The second-order valence-electron chi connectivity index (χ2n) is 10.5. The summed E-state index contributed by atoms with van der Waals surface area (Å²) in [7, 11) is 0. The molecule has 3 aromatic rings. The number of fused-ring (bicyclic) bond motifs is 3. The molecular formula is C27H32N2O11S2. The van der Waals surface area contributed by atoms with Crippen molar-refractivity contribution in [2.24, 2.45) is 0 Å². The summed E-state index contributed by atoms with van der Waals surface area (Å²) in [5.74, 6) is 0. The van der Waals surface area contributed by atoms with Crippen LogP contribution in [0.5, 0.6) is 0 Å². The summed E-state index contributed by atoms with van der Waals surface area (Å²) >= 11 is 2.38. The van der Waals surface area contributed by atoms with Crippen molar-refractivity contribution < 1.29 is 50.0 Å². The van der Waals surface area contributed by atoms with Gasteiger partial charge in [0.15, 0.2) is 11.4 Å². The highest BCUT2D eigenvalue weighted by molar-refractivity contribution is 7.99. The summed E-state index contributed by atoms with van der Waals surface area (Å²) in [5.41, 5.74) is 0.136. The van der Waals surface area contributed by atoms with E-state index in [0.717, 1.165) is 41.5 Å². The molecule has 3 aliphatic rings. The molecule has 2 aromatic heterocycles. The molecule has 0 unspecified atom stereocenters. The van der Waals surface area contributed by atoms with Gasteiger partial charge in [0.1, 0.15) is 59.1 Å². The van der Waals surface area contributed by atoms with E-state index in [1.54, 1.807) is 24.3 Å². The van der Waals surface area contributed by atoms with Crippen LogP contribution in [0.4, 0.5) is 0 Å². The van der Waals surface area contributed by atoms with Crippen molar-refractivity contribution in [3.8, 4) is 5.69 Å². The first-order valence-corrected chi connectivity index (χ1v) is 15.3. The van der Waals surface area contributed by atoms with Gasteiger partial charge in [0.2, 0.25) is 0 Å². The van der Waals surface area contributed by atoms with Crippen molar-refractivity contribution in [2.75, 3.05) is 13.2 Å². The molecule has 0 radical (unpaired) electrons. The topological polar surface area (TPSA) is 204 Å². The summed E-state index contributed by atoms with van der Waals surface area (Å²) < 4.78 is 18.4. The average Bonchev–Trinajstić information content (AvgIpc) is 3.58. The van der Waals surface area contributed by atoms with Crippen LogP contribution in [0.2, 0.25) is 0 Å². The van der Waals surface area contributed by atoms with Crippen LogP contribution in [0.25, 0.3) is 15.9 Å². The molecule has 1 aromatic carbocycles. The minimum Gasteiger partial charge on any atom is -0.394 e.